The number of hydrogen-bond acceptors (Lipinski definition) is 9. The predicted octanol–water partition coefficient (Wildman–Crippen LogP) is 2.46. The van der Waals surface area contributed by atoms with E-state index in [9.17, 15) is 14.9 Å². The van der Waals surface area contributed by atoms with E-state index in [2.05, 4.69) is 0 Å². The summed E-state index contributed by atoms with van der Waals surface area (Å²) in [5, 5.41) is 9.44. The maximum Gasteiger partial charge on any atom is 0.348 e. The van der Waals surface area contributed by atoms with Gasteiger partial charge in [-0.3, -0.25) is 0 Å². The normalized spacial score (nSPS) is 11.7. The number of benzene rings is 1. The van der Waals surface area contributed by atoms with Crippen molar-refractivity contribution in [3.05, 3.63) is 39.8 Å². The van der Waals surface area contributed by atoms with Crippen LogP contribution in [0.5, 0.6) is 11.5 Å². The molecular formula is C17H14N2O6S. The van der Waals surface area contributed by atoms with Crippen molar-refractivity contribution in [2.24, 2.45) is 0 Å². The second kappa shape index (κ2) is 7.33. The highest BCUT2D eigenvalue weighted by atomic mass is 32.1. The lowest BCUT2D eigenvalue weighted by atomic mass is 10.1. The van der Waals surface area contributed by atoms with Gasteiger partial charge in [0.25, 0.3) is 0 Å². The lowest BCUT2D eigenvalue weighted by molar-refractivity contribution is 0.0452. The number of nitriles is 1. The predicted molar refractivity (Wildman–Crippen MR) is 91.1 cm³/mol. The highest BCUT2D eigenvalue weighted by molar-refractivity contribution is 7.18. The molecular weight excluding hydrogens is 360 g/mol. The van der Waals surface area contributed by atoms with Crippen molar-refractivity contribution < 1.29 is 28.5 Å². The van der Waals surface area contributed by atoms with Gasteiger partial charge in [0.15, 0.2) is 11.5 Å². The van der Waals surface area contributed by atoms with Gasteiger partial charge in [-0.25, -0.2) is 9.59 Å². The van der Waals surface area contributed by atoms with Crippen LogP contribution in [-0.2, 0) is 16.1 Å². The molecule has 9 heteroatoms. The summed E-state index contributed by atoms with van der Waals surface area (Å²) in [6.45, 7) is 1.66. The van der Waals surface area contributed by atoms with Crippen LogP contribution < -0.4 is 15.2 Å². The van der Waals surface area contributed by atoms with Gasteiger partial charge in [-0.15, -0.1) is 11.3 Å². The lowest BCUT2D eigenvalue weighted by Gasteiger charge is -2.07. The summed E-state index contributed by atoms with van der Waals surface area (Å²) in [6.07, 6.45) is 0. The summed E-state index contributed by atoms with van der Waals surface area (Å²) in [6, 6.07) is 6.57. The van der Waals surface area contributed by atoms with E-state index >= 15 is 0 Å². The first-order chi connectivity index (χ1) is 12.5. The third-order valence-corrected chi connectivity index (χ3v) is 4.60. The number of thiophene rings is 1. The minimum Gasteiger partial charge on any atom is -0.462 e. The number of fused-ring (bicyclic) bond motifs is 1. The molecule has 0 unspecified atom stereocenters. The van der Waals surface area contributed by atoms with Crippen molar-refractivity contribution in [2.45, 2.75) is 13.5 Å². The zero-order valence-electron chi connectivity index (χ0n) is 13.7. The van der Waals surface area contributed by atoms with Gasteiger partial charge in [0, 0.05) is 5.56 Å². The van der Waals surface area contributed by atoms with Crippen LogP contribution >= 0.6 is 11.3 Å². The van der Waals surface area contributed by atoms with Crippen molar-refractivity contribution in [3.63, 3.8) is 0 Å². The molecule has 134 valence electrons. The summed E-state index contributed by atoms with van der Waals surface area (Å²) >= 11 is 0.930. The Morgan fingerprint density at radius 2 is 2.04 bits per heavy atom. The van der Waals surface area contributed by atoms with E-state index in [-0.39, 0.29) is 46.6 Å². The Kier molecular flexibility index (Phi) is 4.95. The van der Waals surface area contributed by atoms with Gasteiger partial charge in [0.1, 0.15) is 22.6 Å². The zero-order valence-corrected chi connectivity index (χ0v) is 14.6. The number of anilines is 1. The number of hydrogen-bond donors (Lipinski definition) is 1. The molecule has 1 aromatic carbocycles. The monoisotopic (exact) mass is 374 g/mol. The Hall–Kier alpha value is -3.25. The molecule has 0 amide bonds. The molecule has 1 aliphatic heterocycles. The van der Waals surface area contributed by atoms with Crippen LogP contribution in [0, 0.1) is 11.3 Å². The topological polar surface area (TPSA) is 121 Å². The van der Waals surface area contributed by atoms with Gasteiger partial charge in [-0.1, -0.05) is 0 Å². The number of esters is 2. The molecule has 0 bridgehead atoms. The number of nitrogens with two attached hydrogens (primary N) is 1. The fraction of sp³-hybridized carbons (Fsp3) is 0.235. The molecule has 0 spiro atoms. The number of nitrogen functional groups attached to an aromatic ring is 1. The minimum absolute atomic E-state index is 0.0937. The first-order valence-corrected chi connectivity index (χ1v) is 8.42. The van der Waals surface area contributed by atoms with E-state index in [0.29, 0.717) is 11.5 Å². The molecule has 1 aromatic heterocycles. The molecule has 0 aliphatic carbocycles. The molecule has 2 heterocycles. The highest BCUT2D eigenvalue weighted by Crippen LogP contribution is 2.34. The number of carbonyl (C=O) groups excluding carboxylic acids is 2. The van der Waals surface area contributed by atoms with Crippen molar-refractivity contribution >= 4 is 28.3 Å². The van der Waals surface area contributed by atoms with E-state index in [1.165, 1.54) is 12.1 Å². The van der Waals surface area contributed by atoms with Crippen LogP contribution in [0.15, 0.2) is 18.2 Å². The molecule has 8 nitrogen and oxygen atoms in total. The van der Waals surface area contributed by atoms with E-state index in [0.717, 1.165) is 11.3 Å². The summed E-state index contributed by atoms with van der Waals surface area (Å²) < 4.78 is 20.6. The summed E-state index contributed by atoms with van der Waals surface area (Å²) in [7, 11) is 0. The Labute approximate surface area is 152 Å². The third-order valence-electron chi connectivity index (χ3n) is 3.56. The van der Waals surface area contributed by atoms with E-state index in [1.807, 2.05) is 6.07 Å². The smallest absolute Gasteiger partial charge is 0.348 e. The average molecular weight is 374 g/mol. The highest BCUT2D eigenvalue weighted by Gasteiger charge is 2.24. The number of rotatable bonds is 5. The standard InChI is InChI=1S/C17H14N2O6S/c1-2-22-17(21)14-11(10(6-18)15(19)26-14)7-23-16(20)9-3-4-12-13(5-9)25-8-24-12/h3-5H,2,7-8,19H2,1H3. The Morgan fingerprint density at radius 3 is 2.77 bits per heavy atom. The van der Waals surface area contributed by atoms with Crippen molar-refractivity contribution in [1.82, 2.24) is 0 Å². The average Bonchev–Trinajstić information content (AvgIpc) is 3.22. The van der Waals surface area contributed by atoms with Gasteiger partial charge >= 0.3 is 11.9 Å². The van der Waals surface area contributed by atoms with Crippen LogP contribution in [-0.4, -0.2) is 25.3 Å². The van der Waals surface area contributed by atoms with Crippen molar-refractivity contribution in [2.75, 3.05) is 19.1 Å². The van der Waals surface area contributed by atoms with Crippen LogP contribution in [0.4, 0.5) is 5.00 Å². The maximum atomic E-state index is 12.3. The number of nitrogens with zero attached hydrogens (tertiary/aromatic N) is 1. The first-order valence-electron chi connectivity index (χ1n) is 7.60. The summed E-state index contributed by atoms with van der Waals surface area (Å²) in [5.41, 5.74) is 6.39. The SMILES string of the molecule is CCOC(=O)c1sc(N)c(C#N)c1COC(=O)c1ccc2c(c1)OCO2. The van der Waals surface area contributed by atoms with Crippen molar-refractivity contribution in [1.29, 1.82) is 5.26 Å². The van der Waals surface area contributed by atoms with Crippen LogP contribution in [0.1, 0.15) is 38.1 Å². The van der Waals surface area contributed by atoms with Crippen molar-refractivity contribution in [3.8, 4) is 17.6 Å². The number of carbonyl (C=O) groups is 2. The first kappa shape index (κ1) is 17.6. The van der Waals surface area contributed by atoms with E-state index in [4.69, 9.17) is 24.7 Å². The fourth-order valence-corrected chi connectivity index (χ4v) is 3.27. The molecule has 2 aromatic rings. The lowest BCUT2D eigenvalue weighted by Crippen LogP contribution is -2.10. The number of ether oxygens (including phenoxy) is 4. The van der Waals surface area contributed by atoms with Crippen LogP contribution in [0.3, 0.4) is 0 Å². The van der Waals surface area contributed by atoms with Gasteiger partial charge < -0.3 is 24.7 Å². The zero-order chi connectivity index (χ0) is 18.7. The van der Waals surface area contributed by atoms with Crippen LogP contribution in [0.25, 0.3) is 0 Å². The van der Waals surface area contributed by atoms with Gasteiger partial charge in [0.2, 0.25) is 6.79 Å². The minimum atomic E-state index is -0.633. The molecule has 0 atom stereocenters. The molecule has 0 saturated carbocycles. The molecule has 0 radical (unpaired) electrons. The largest absolute Gasteiger partial charge is 0.462 e. The second-order valence-corrected chi connectivity index (χ2v) is 6.18. The third kappa shape index (κ3) is 3.27. The van der Waals surface area contributed by atoms with E-state index in [1.54, 1.807) is 13.0 Å². The Bertz CT molecular complexity index is 915. The molecule has 3 rings (SSSR count). The molecule has 2 N–H and O–H groups in total. The summed E-state index contributed by atoms with van der Waals surface area (Å²) in [4.78, 5) is 24.5. The molecule has 1 aliphatic rings. The quantitative estimate of drug-likeness (QED) is 0.792. The van der Waals surface area contributed by atoms with Gasteiger partial charge in [0.05, 0.1) is 17.7 Å². The second-order valence-electron chi connectivity index (χ2n) is 5.13. The fourth-order valence-electron chi connectivity index (χ4n) is 2.35. The Balaban J connectivity index is 1.79. The molecule has 26 heavy (non-hydrogen) atoms. The molecule has 0 fully saturated rings. The molecule has 0 saturated heterocycles. The summed E-state index contributed by atoms with van der Waals surface area (Å²) in [5.74, 6) is -0.251. The van der Waals surface area contributed by atoms with Gasteiger partial charge in [-0.2, -0.15) is 5.26 Å². The van der Waals surface area contributed by atoms with E-state index < -0.39 is 11.9 Å². The van der Waals surface area contributed by atoms with Gasteiger partial charge in [-0.05, 0) is 25.1 Å². The maximum absolute atomic E-state index is 12.3. The van der Waals surface area contributed by atoms with Crippen LogP contribution in [0.2, 0.25) is 0 Å². The Morgan fingerprint density at radius 1 is 1.27 bits per heavy atom.